The van der Waals surface area contributed by atoms with Gasteiger partial charge in [-0.1, -0.05) is 12.2 Å². The molecule has 1 amide bonds. The Balaban J connectivity index is 1.24. The van der Waals surface area contributed by atoms with Crippen LogP contribution in [0.5, 0.6) is 0 Å². The van der Waals surface area contributed by atoms with Gasteiger partial charge in [0, 0.05) is 64.0 Å². The minimum atomic E-state index is -4.61. The number of hydrogen-bond acceptors (Lipinski definition) is 7. The topological polar surface area (TPSA) is 65.0 Å². The van der Waals surface area contributed by atoms with E-state index in [1.165, 1.54) is 0 Å². The number of halogens is 3. The molecule has 0 radical (unpaired) electrons. The molecule has 1 spiro atoms. The number of piperidine rings is 1. The SMILES string of the molecule is C[C@@H]1[C@H](N2CCN(C(=O)OC(C)(C)C)CC2)CN1c1cc(N2CCC3(C=CCC3)CC2)nc(C(F)(F)F)n1. The number of hydrogen-bond donors (Lipinski definition) is 0. The molecule has 210 valence electrons. The fraction of sp³-hybridized carbons (Fsp3) is 0.741. The van der Waals surface area contributed by atoms with E-state index in [0.717, 1.165) is 25.7 Å². The first-order valence-corrected chi connectivity index (χ1v) is 13.7. The van der Waals surface area contributed by atoms with Crippen LogP contribution in [-0.4, -0.2) is 89.4 Å². The van der Waals surface area contributed by atoms with Gasteiger partial charge in [-0.05, 0) is 58.8 Å². The molecule has 8 nitrogen and oxygen atoms in total. The Bertz CT molecular complexity index is 1060. The minimum absolute atomic E-state index is 0.000150. The van der Waals surface area contributed by atoms with Crippen LogP contribution in [0, 0.1) is 5.41 Å². The number of carbonyl (C=O) groups is 1. The summed E-state index contributed by atoms with van der Waals surface area (Å²) in [6.07, 6.45) is 3.68. The van der Waals surface area contributed by atoms with Crippen molar-refractivity contribution in [3.8, 4) is 0 Å². The molecule has 1 aromatic rings. The van der Waals surface area contributed by atoms with E-state index in [9.17, 15) is 18.0 Å². The Morgan fingerprint density at radius 1 is 1.00 bits per heavy atom. The molecule has 3 saturated heterocycles. The van der Waals surface area contributed by atoms with Gasteiger partial charge in [-0.3, -0.25) is 4.90 Å². The lowest BCUT2D eigenvalue weighted by Crippen LogP contribution is -2.68. The maximum Gasteiger partial charge on any atom is 0.451 e. The summed E-state index contributed by atoms with van der Waals surface area (Å²) in [6.45, 7) is 12.1. The van der Waals surface area contributed by atoms with Crippen molar-refractivity contribution in [2.75, 3.05) is 55.6 Å². The second-order valence-electron chi connectivity index (χ2n) is 12.2. The summed E-state index contributed by atoms with van der Waals surface area (Å²) >= 11 is 0. The first-order valence-electron chi connectivity index (χ1n) is 13.7. The summed E-state index contributed by atoms with van der Waals surface area (Å²) in [5.74, 6) is -0.382. The van der Waals surface area contributed by atoms with Gasteiger partial charge < -0.3 is 19.4 Å². The third-order valence-electron chi connectivity index (χ3n) is 8.48. The summed E-state index contributed by atoms with van der Waals surface area (Å²) in [6, 6.07) is 1.91. The molecule has 0 bridgehead atoms. The molecule has 3 fully saturated rings. The van der Waals surface area contributed by atoms with Crippen LogP contribution in [0.1, 0.15) is 59.2 Å². The van der Waals surface area contributed by atoms with Gasteiger partial charge in [-0.2, -0.15) is 13.2 Å². The highest BCUT2D eigenvalue weighted by Gasteiger charge is 2.44. The molecule has 11 heteroatoms. The van der Waals surface area contributed by atoms with Crippen LogP contribution in [0.15, 0.2) is 18.2 Å². The summed E-state index contributed by atoms with van der Waals surface area (Å²) in [7, 11) is 0. The van der Waals surface area contributed by atoms with E-state index in [1.54, 1.807) is 11.0 Å². The Morgan fingerprint density at radius 3 is 2.21 bits per heavy atom. The number of aromatic nitrogens is 2. The smallest absolute Gasteiger partial charge is 0.444 e. The summed E-state index contributed by atoms with van der Waals surface area (Å²) in [5, 5.41) is 0. The zero-order valence-corrected chi connectivity index (χ0v) is 22.8. The van der Waals surface area contributed by atoms with E-state index in [0.29, 0.717) is 57.4 Å². The molecule has 0 saturated carbocycles. The van der Waals surface area contributed by atoms with E-state index in [4.69, 9.17) is 4.74 Å². The Kier molecular flexibility index (Phi) is 7.02. The lowest BCUT2D eigenvalue weighted by Gasteiger charge is -2.53. The molecule has 2 atom stereocenters. The number of rotatable bonds is 3. The van der Waals surface area contributed by atoms with E-state index < -0.39 is 17.6 Å². The van der Waals surface area contributed by atoms with Gasteiger partial charge in [-0.25, -0.2) is 14.8 Å². The monoisotopic (exact) mass is 536 g/mol. The molecule has 1 aromatic heterocycles. The predicted molar refractivity (Wildman–Crippen MR) is 139 cm³/mol. The number of allylic oxidation sites excluding steroid dienone is 2. The minimum Gasteiger partial charge on any atom is -0.444 e. The maximum atomic E-state index is 13.8. The van der Waals surface area contributed by atoms with Gasteiger partial charge in [0.25, 0.3) is 0 Å². The van der Waals surface area contributed by atoms with Crippen LogP contribution in [0.4, 0.5) is 29.6 Å². The summed E-state index contributed by atoms with van der Waals surface area (Å²) < 4.78 is 46.8. The van der Waals surface area contributed by atoms with Crippen LogP contribution in [0.2, 0.25) is 0 Å². The number of amides is 1. The molecule has 3 aliphatic heterocycles. The van der Waals surface area contributed by atoms with Crippen molar-refractivity contribution in [2.24, 2.45) is 5.41 Å². The average Bonchev–Trinajstić information content (AvgIpc) is 3.30. The maximum absolute atomic E-state index is 13.8. The first kappa shape index (κ1) is 27.0. The molecule has 0 N–H and O–H groups in total. The van der Waals surface area contributed by atoms with Crippen molar-refractivity contribution in [3.63, 3.8) is 0 Å². The van der Waals surface area contributed by atoms with Crippen molar-refractivity contribution in [3.05, 3.63) is 24.0 Å². The average molecular weight is 537 g/mol. The summed E-state index contributed by atoms with van der Waals surface area (Å²) in [5.41, 5.74) is -0.335. The highest BCUT2D eigenvalue weighted by molar-refractivity contribution is 5.68. The normalized spacial score (nSPS) is 26.1. The van der Waals surface area contributed by atoms with Crippen LogP contribution >= 0.6 is 0 Å². The largest absolute Gasteiger partial charge is 0.451 e. The van der Waals surface area contributed by atoms with E-state index in [1.807, 2.05) is 37.5 Å². The van der Waals surface area contributed by atoms with Crippen LogP contribution < -0.4 is 9.80 Å². The lowest BCUT2D eigenvalue weighted by molar-refractivity contribution is -0.144. The van der Waals surface area contributed by atoms with Gasteiger partial charge in [0.15, 0.2) is 0 Å². The van der Waals surface area contributed by atoms with Crippen molar-refractivity contribution in [1.29, 1.82) is 0 Å². The molecular formula is C27H39F3N6O2. The molecule has 4 aliphatic rings. The fourth-order valence-electron chi connectivity index (χ4n) is 6.12. The van der Waals surface area contributed by atoms with Crippen LogP contribution in [-0.2, 0) is 10.9 Å². The number of anilines is 2. The van der Waals surface area contributed by atoms with Crippen molar-refractivity contribution < 1.29 is 22.7 Å². The lowest BCUT2D eigenvalue weighted by atomic mass is 9.78. The van der Waals surface area contributed by atoms with E-state index in [-0.39, 0.29) is 23.6 Å². The fourth-order valence-corrected chi connectivity index (χ4v) is 6.12. The molecule has 5 rings (SSSR count). The Hall–Kier alpha value is -2.56. The molecule has 0 aromatic carbocycles. The zero-order chi connectivity index (χ0) is 27.3. The molecule has 0 unspecified atom stereocenters. The van der Waals surface area contributed by atoms with E-state index >= 15 is 0 Å². The number of alkyl halides is 3. The van der Waals surface area contributed by atoms with Gasteiger partial charge in [0.05, 0.1) is 0 Å². The second-order valence-corrected chi connectivity index (χ2v) is 12.2. The molecule has 38 heavy (non-hydrogen) atoms. The molecular weight excluding hydrogens is 497 g/mol. The molecule has 1 aliphatic carbocycles. The second kappa shape index (κ2) is 9.88. The third-order valence-corrected chi connectivity index (χ3v) is 8.48. The highest BCUT2D eigenvalue weighted by atomic mass is 19.4. The summed E-state index contributed by atoms with van der Waals surface area (Å²) in [4.78, 5) is 28.3. The highest BCUT2D eigenvalue weighted by Crippen LogP contribution is 2.43. The molecule has 4 heterocycles. The number of piperazine rings is 1. The van der Waals surface area contributed by atoms with Gasteiger partial charge in [-0.15, -0.1) is 0 Å². The standard InChI is InChI=1S/C27H39F3N6O2/c1-19-20(33-13-15-35(16-14-33)24(37)38-25(2,3)4)18-36(19)22-17-21(31-23(32-22)27(28,29)30)34-11-9-26(10-12-34)7-5-6-8-26/h5,7,17,19-20H,6,8-16,18H2,1-4H3/t19-,20-/m1/s1. The van der Waals surface area contributed by atoms with Gasteiger partial charge >= 0.3 is 12.3 Å². The van der Waals surface area contributed by atoms with E-state index in [2.05, 4.69) is 27.0 Å². The number of ether oxygens (including phenoxy) is 1. The van der Waals surface area contributed by atoms with Crippen LogP contribution in [0.3, 0.4) is 0 Å². The Labute approximate surface area is 222 Å². The Morgan fingerprint density at radius 2 is 1.66 bits per heavy atom. The van der Waals surface area contributed by atoms with Gasteiger partial charge in [0.1, 0.15) is 17.2 Å². The predicted octanol–water partition coefficient (Wildman–Crippen LogP) is 4.56. The first-order chi connectivity index (χ1) is 17.8. The van der Waals surface area contributed by atoms with Crippen molar-refractivity contribution >= 4 is 17.7 Å². The number of carbonyl (C=O) groups excluding carboxylic acids is 1. The number of nitrogens with zero attached hydrogens (tertiary/aromatic N) is 6. The van der Waals surface area contributed by atoms with Crippen molar-refractivity contribution in [1.82, 2.24) is 19.8 Å². The van der Waals surface area contributed by atoms with Gasteiger partial charge in [0.2, 0.25) is 5.82 Å². The quantitative estimate of drug-likeness (QED) is 0.525. The zero-order valence-electron chi connectivity index (χ0n) is 22.8. The van der Waals surface area contributed by atoms with Crippen LogP contribution in [0.25, 0.3) is 0 Å². The third kappa shape index (κ3) is 5.58. The van der Waals surface area contributed by atoms with Crippen molar-refractivity contribution in [2.45, 2.75) is 77.2 Å².